The number of hydrogen-bond acceptors (Lipinski definition) is 5. The van der Waals surface area contributed by atoms with Crippen molar-refractivity contribution in [2.24, 2.45) is 0 Å². The van der Waals surface area contributed by atoms with Crippen molar-refractivity contribution in [2.75, 3.05) is 29.0 Å². The molecule has 7 nitrogen and oxygen atoms in total. The fraction of sp³-hybridized carbons (Fsp3) is 0.391. The van der Waals surface area contributed by atoms with Crippen molar-refractivity contribution in [3.63, 3.8) is 0 Å². The highest BCUT2D eigenvalue weighted by molar-refractivity contribution is 7.92. The van der Waals surface area contributed by atoms with Crippen LogP contribution >= 0.6 is 0 Å². The Morgan fingerprint density at radius 1 is 1.03 bits per heavy atom. The molecule has 0 unspecified atom stereocenters. The van der Waals surface area contributed by atoms with Crippen molar-refractivity contribution in [3.8, 4) is 0 Å². The molecule has 1 amide bonds. The summed E-state index contributed by atoms with van der Waals surface area (Å²) in [5.41, 5.74) is 2.35. The van der Waals surface area contributed by atoms with Crippen molar-refractivity contribution in [3.05, 3.63) is 59.7 Å². The topological polar surface area (TPSA) is 92.8 Å². The number of sulfonamides is 1. The number of carbonyl (C=O) groups is 2. The van der Waals surface area contributed by atoms with Gasteiger partial charge in [-0.3, -0.25) is 9.10 Å². The van der Waals surface area contributed by atoms with Crippen LogP contribution in [0.1, 0.15) is 55.5 Å². The minimum Gasteiger partial charge on any atom is -0.462 e. The van der Waals surface area contributed by atoms with Crippen molar-refractivity contribution in [1.29, 1.82) is 0 Å². The molecule has 1 N–H and O–H groups in total. The van der Waals surface area contributed by atoms with Crippen molar-refractivity contribution in [2.45, 2.75) is 39.5 Å². The first-order chi connectivity index (χ1) is 14.6. The Balaban J connectivity index is 2.05. The van der Waals surface area contributed by atoms with E-state index < -0.39 is 21.9 Å². The van der Waals surface area contributed by atoms with Crippen LogP contribution in [0.15, 0.2) is 48.5 Å². The van der Waals surface area contributed by atoms with E-state index in [9.17, 15) is 18.0 Å². The highest BCUT2D eigenvalue weighted by atomic mass is 32.2. The molecule has 0 aliphatic heterocycles. The molecule has 0 atom stereocenters. The number of hydrogen-bond donors (Lipinski definition) is 1. The number of anilines is 2. The molecule has 0 saturated carbocycles. The molecule has 0 spiro atoms. The van der Waals surface area contributed by atoms with E-state index in [1.807, 2.05) is 32.9 Å². The molecule has 0 bridgehead atoms. The lowest BCUT2D eigenvalue weighted by atomic mass is 10.0. The number of ether oxygens (including phenoxy) is 1. The van der Waals surface area contributed by atoms with E-state index in [4.69, 9.17) is 4.74 Å². The predicted octanol–water partition coefficient (Wildman–Crippen LogP) is 4.17. The summed E-state index contributed by atoms with van der Waals surface area (Å²) in [6, 6.07) is 13.4. The van der Waals surface area contributed by atoms with Gasteiger partial charge in [0.1, 0.15) is 6.54 Å². The van der Waals surface area contributed by atoms with Gasteiger partial charge in [0, 0.05) is 5.69 Å². The zero-order valence-corrected chi connectivity index (χ0v) is 19.2. The molecule has 0 radical (unpaired) electrons. The maximum absolute atomic E-state index is 12.5. The van der Waals surface area contributed by atoms with Gasteiger partial charge < -0.3 is 10.1 Å². The van der Waals surface area contributed by atoms with E-state index in [-0.39, 0.29) is 6.54 Å². The zero-order valence-electron chi connectivity index (χ0n) is 18.4. The Bertz CT molecular complexity index is 984. The van der Waals surface area contributed by atoms with Gasteiger partial charge in [0.25, 0.3) is 0 Å². The Morgan fingerprint density at radius 3 is 2.16 bits per heavy atom. The van der Waals surface area contributed by atoms with Crippen LogP contribution in [0, 0.1) is 0 Å². The molecule has 0 saturated heterocycles. The first-order valence-electron chi connectivity index (χ1n) is 10.3. The number of nitrogens with zero attached hydrogens (tertiary/aromatic N) is 1. The average molecular weight is 447 g/mol. The van der Waals surface area contributed by atoms with E-state index in [1.54, 1.807) is 36.4 Å². The number of carbonyl (C=O) groups excluding carboxylic acids is 2. The van der Waals surface area contributed by atoms with Crippen LogP contribution in [0.5, 0.6) is 0 Å². The molecular weight excluding hydrogens is 416 g/mol. The van der Waals surface area contributed by atoms with Crippen LogP contribution < -0.4 is 9.62 Å². The fourth-order valence-electron chi connectivity index (χ4n) is 2.84. The van der Waals surface area contributed by atoms with Gasteiger partial charge in [0.2, 0.25) is 15.9 Å². The van der Waals surface area contributed by atoms with Crippen LogP contribution in [0.4, 0.5) is 11.4 Å². The normalized spacial score (nSPS) is 11.3. The van der Waals surface area contributed by atoms with E-state index in [0.29, 0.717) is 29.5 Å². The maximum Gasteiger partial charge on any atom is 0.338 e. The molecular formula is C23H30N2O5S. The Morgan fingerprint density at radius 2 is 1.65 bits per heavy atom. The molecule has 0 heterocycles. The first kappa shape index (κ1) is 24.4. The maximum atomic E-state index is 12.5. The van der Waals surface area contributed by atoms with Gasteiger partial charge in [-0.15, -0.1) is 0 Å². The van der Waals surface area contributed by atoms with Gasteiger partial charge >= 0.3 is 5.97 Å². The minimum absolute atomic E-state index is 0.316. The van der Waals surface area contributed by atoms with E-state index in [1.165, 1.54) is 0 Å². The molecule has 2 aromatic carbocycles. The SMILES string of the molecule is CCCCOC(=O)c1ccc(NC(=O)CN(c2ccc(C(C)C)cc2)S(C)(=O)=O)cc1. The third-order valence-corrected chi connectivity index (χ3v) is 5.81. The van der Waals surface area contributed by atoms with Gasteiger partial charge in [-0.2, -0.15) is 0 Å². The van der Waals surface area contributed by atoms with Gasteiger partial charge in [-0.05, 0) is 54.3 Å². The summed E-state index contributed by atoms with van der Waals surface area (Å²) in [6.45, 7) is 6.12. The van der Waals surface area contributed by atoms with Crippen LogP contribution in [-0.4, -0.2) is 39.7 Å². The van der Waals surface area contributed by atoms with Gasteiger partial charge in [-0.25, -0.2) is 13.2 Å². The predicted molar refractivity (Wildman–Crippen MR) is 123 cm³/mol. The summed E-state index contributed by atoms with van der Waals surface area (Å²) in [4.78, 5) is 24.5. The molecule has 31 heavy (non-hydrogen) atoms. The average Bonchev–Trinajstić information content (AvgIpc) is 2.72. The molecule has 2 aromatic rings. The van der Waals surface area contributed by atoms with E-state index >= 15 is 0 Å². The summed E-state index contributed by atoms with van der Waals surface area (Å²) in [6.07, 6.45) is 2.80. The van der Waals surface area contributed by atoms with Crippen LogP contribution in [0.25, 0.3) is 0 Å². The zero-order chi connectivity index (χ0) is 23.0. The number of unbranched alkanes of at least 4 members (excludes halogenated alkanes) is 1. The lowest BCUT2D eigenvalue weighted by molar-refractivity contribution is -0.114. The summed E-state index contributed by atoms with van der Waals surface area (Å²) < 4.78 is 30.7. The van der Waals surface area contributed by atoms with Crippen molar-refractivity contribution >= 4 is 33.3 Å². The Labute approximate surface area is 184 Å². The first-order valence-corrected chi connectivity index (χ1v) is 12.1. The van der Waals surface area contributed by atoms with E-state index in [0.717, 1.165) is 29.0 Å². The number of esters is 1. The van der Waals surface area contributed by atoms with Gasteiger partial charge in [0.05, 0.1) is 24.1 Å². The molecule has 8 heteroatoms. The highest BCUT2D eigenvalue weighted by Crippen LogP contribution is 2.22. The Hall–Kier alpha value is -2.87. The molecule has 0 fully saturated rings. The molecule has 0 aliphatic carbocycles. The quantitative estimate of drug-likeness (QED) is 0.437. The van der Waals surface area contributed by atoms with Gasteiger partial charge in [-0.1, -0.05) is 39.3 Å². The lowest BCUT2D eigenvalue weighted by Gasteiger charge is -2.22. The lowest BCUT2D eigenvalue weighted by Crippen LogP contribution is -2.37. The monoisotopic (exact) mass is 446 g/mol. The second-order valence-electron chi connectivity index (χ2n) is 7.63. The molecule has 0 aliphatic rings. The largest absolute Gasteiger partial charge is 0.462 e. The minimum atomic E-state index is -3.66. The van der Waals surface area contributed by atoms with Crippen molar-refractivity contribution in [1.82, 2.24) is 0 Å². The third kappa shape index (κ3) is 7.40. The third-order valence-electron chi connectivity index (χ3n) is 4.67. The van der Waals surface area contributed by atoms with Crippen LogP contribution in [0.2, 0.25) is 0 Å². The van der Waals surface area contributed by atoms with Gasteiger partial charge in [0.15, 0.2) is 0 Å². The highest BCUT2D eigenvalue weighted by Gasteiger charge is 2.21. The van der Waals surface area contributed by atoms with Crippen LogP contribution in [0.3, 0.4) is 0 Å². The summed E-state index contributed by atoms with van der Waals surface area (Å²) >= 11 is 0. The van der Waals surface area contributed by atoms with Crippen molar-refractivity contribution < 1.29 is 22.7 Å². The summed E-state index contributed by atoms with van der Waals surface area (Å²) in [5.74, 6) is -0.591. The number of rotatable bonds is 10. The number of benzene rings is 2. The van der Waals surface area contributed by atoms with Crippen LogP contribution in [-0.2, 0) is 19.6 Å². The molecule has 0 aromatic heterocycles. The number of amides is 1. The molecule has 2 rings (SSSR count). The smallest absolute Gasteiger partial charge is 0.338 e. The summed E-state index contributed by atoms with van der Waals surface area (Å²) in [5, 5.41) is 2.67. The Kier molecular flexibility index (Phi) is 8.62. The van der Waals surface area contributed by atoms with E-state index in [2.05, 4.69) is 5.32 Å². The fourth-order valence-corrected chi connectivity index (χ4v) is 3.70. The number of nitrogens with one attached hydrogen (secondary N) is 1. The standard InChI is InChI=1S/C23H30N2O5S/c1-5-6-15-30-23(27)19-7-11-20(12-8-19)24-22(26)16-25(31(4,28)29)21-13-9-18(10-14-21)17(2)3/h7-14,17H,5-6,15-16H2,1-4H3,(H,24,26). The molecule has 168 valence electrons. The second-order valence-corrected chi connectivity index (χ2v) is 9.54. The summed E-state index contributed by atoms with van der Waals surface area (Å²) in [7, 11) is -3.66. The second kappa shape index (κ2) is 10.9.